The van der Waals surface area contributed by atoms with Crippen LogP contribution < -0.4 is 20.1 Å². The van der Waals surface area contributed by atoms with Gasteiger partial charge in [-0.25, -0.2) is 0 Å². The molecule has 25 heavy (non-hydrogen) atoms. The highest BCUT2D eigenvalue weighted by Crippen LogP contribution is 2.23. The molecular formula is C20H26N2O3. The monoisotopic (exact) mass is 342 g/mol. The quantitative estimate of drug-likeness (QED) is 0.649. The molecule has 134 valence electrons. The van der Waals surface area contributed by atoms with Gasteiger partial charge in [0, 0.05) is 6.04 Å². The van der Waals surface area contributed by atoms with Crippen LogP contribution in [0.25, 0.3) is 0 Å². The lowest BCUT2D eigenvalue weighted by atomic mass is 10.2. The van der Waals surface area contributed by atoms with Crippen LogP contribution in [-0.2, 0) is 4.79 Å². The molecule has 0 bridgehead atoms. The maximum absolute atomic E-state index is 12.0. The number of benzene rings is 2. The van der Waals surface area contributed by atoms with Crippen molar-refractivity contribution in [1.82, 2.24) is 5.32 Å². The molecular weight excluding hydrogens is 316 g/mol. The number of nitrogens with one attached hydrogen (secondary N) is 2. The number of carbonyl (C=O) groups is 1. The number of rotatable bonds is 10. The molecule has 0 saturated heterocycles. The molecule has 1 unspecified atom stereocenters. The molecule has 1 atom stereocenters. The SMILES string of the molecule is CCC(C)NCC(=O)Nc1ccccc1OCCOc1ccccc1. The number of amides is 1. The van der Waals surface area contributed by atoms with Crippen LogP contribution in [0.2, 0.25) is 0 Å². The van der Waals surface area contributed by atoms with Crippen molar-refractivity contribution in [2.24, 2.45) is 0 Å². The molecule has 0 aliphatic carbocycles. The largest absolute Gasteiger partial charge is 0.490 e. The van der Waals surface area contributed by atoms with E-state index in [0.29, 0.717) is 30.7 Å². The number of anilines is 1. The molecule has 2 aromatic rings. The molecule has 5 heteroatoms. The highest BCUT2D eigenvalue weighted by molar-refractivity contribution is 5.93. The first-order valence-corrected chi connectivity index (χ1v) is 8.62. The average Bonchev–Trinajstić information content (AvgIpc) is 2.65. The van der Waals surface area contributed by atoms with Gasteiger partial charge in [0.25, 0.3) is 0 Å². The van der Waals surface area contributed by atoms with E-state index in [2.05, 4.69) is 24.5 Å². The summed E-state index contributed by atoms with van der Waals surface area (Å²) in [4.78, 5) is 12.0. The summed E-state index contributed by atoms with van der Waals surface area (Å²) in [5.74, 6) is 1.36. The van der Waals surface area contributed by atoms with E-state index >= 15 is 0 Å². The zero-order valence-electron chi connectivity index (χ0n) is 14.8. The van der Waals surface area contributed by atoms with Crippen molar-refractivity contribution in [2.75, 3.05) is 25.1 Å². The highest BCUT2D eigenvalue weighted by Gasteiger charge is 2.08. The van der Waals surface area contributed by atoms with Crippen LogP contribution in [0.1, 0.15) is 20.3 Å². The Morgan fingerprint density at radius 2 is 1.68 bits per heavy atom. The predicted octanol–water partition coefficient (Wildman–Crippen LogP) is 3.47. The fourth-order valence-electron chi connectivity index (χ4n) is 2.13. The maximum atomic E-state index is 12.0. The van der Waals surface area contributed by atoms with Crippen LogP contribution >= 0.6 is 0 Å². The second-order valence-electron chi connectivity index (χ2n) is 5.74. The Morgan fingerprint density at radius 1 is 1.00 bits per heavy atom. The molecule has 0 radical (unpaired) electrons. The zero-order chi connectivity index (χ0) is 17.9. The minimum Gasteiger partial charge on any atom is -0.490 e. The third-order valence-corrected chi connectivity index (χ3v) is 3.74. The fraction of sp³-hybridized carbons (Fsp3) is 0.350. The first-order valence-electron chi connectivity index (χ1n) is 8.62. The number of carbonyl (C=O) groups excluding carboxylic acids is 1. The molecule has 0 saturated carbocycles. The maximum Gasteiger partial charge on any atom is 0.238 e. The van der Waals surface area contributed by atoms with Gasteiger partial charge < -0.3 is 20.1 Å². The Bertz CT molecular complexity index is 646. The third kappa shape index (κ3) is 6.85. The second kappa shape index (κ2) is 10.4. The topological polar surface area (TPSA) is 59.6 Å². The number of hydrogen-bond acceptors (Lipinski definition) is 4. The highest BCUT2D eigenvalue weighted by atomic mass is 16.5. The number of ether oxygens (including phenoxy) is 2. The minimum atomic E-state index is -0.0862. The van der Waals surface area contributed by atoms with Gasteiger partial charge in [-0.2, -0.15) is 0 Å². The fourth-order valence-corrected chi connectivity index (χ4v) is 2.13. The van der Waals surface area contributed by atoms with Crippen molar-refractivity contribution in [3.8, 4) is 11.5 Å². The number of para-hydroxylation sites is 3. The summed E-state index contributed by atoms with van der Waals surface area (Å²) in [5, 5.41) is 6.05. The van der Waals surface area contributed by atoms with Crippen LogP contribution in [0.3, 0.4) is 0 Å². The van der Waals surface area contributed by atoms with Gasteiger partial charge in [0.2, 0.25) is 5.91 Å². The Kier molecular flexibility index (Phi) is 7.79. The normalized spacial score (nSPS) is 11.6. The molecule has 0 spiro atoms. The van der Waals surface area contributed by atoms with Crippen LogP contribution in [-0.4, -0.2) is 31.7 Å². The van der Waals surface area contributed by atoms with E-state index in [1.54, 1.807) is 0 Å². The molecule has 2 rings (SSSR count). The van der Waals surface area contributed by atoms with Crippen LogP contribution in [0.5, 0.6) is 11.5 Å². The molecule has 1 amide bonds. The van der Waals surface area contributed by atoms with Crippen molar-refractivity contribution in [3.63, 3.8) is 0 Å². The summed E-state index contributed by atoms with van der Waals surface area (Å²) in [6.45, 7) is 5.24. The first kappa shape index (κ1) is 18.8. The molecule has 5 nitrogen and oxygen atoms in total. The minimum absolute atomic E-state index is 0.0862. The van der Waals surface area contributed by atoms with Gasteiger partial charge in [-0.05, 0) is 37.6 Å². The number of hydrogen-bond donors (Lipinski definition) is 2. The Morgan fingerprint density at radius 3 is 2.44 bits per heavy atom. The summed E-state index contributed by atoms with van der Waals surface area (Å²) >= 11 is 0. The predicted molar refractivity (Wildman–Crippen MR) is 100 cm³/mol. The van der Waals surface area contributed by atoms with Gasteiger partial charge in [0.05, 0.1) is 12.2 Å². The summed E-state index contributed by atoms with van der Waals surface area (Å²) < 4.78 is 11.3. The zero-order valence-corrected chi connectivity index (χ0v) is 14.8. The Balaban J connectivity index is 1.80. The van der Waals surface area contributed by atoms with Crippen LogP contribution in [0.15, 0.2) is 54.6 Å². The summed E-state index contributed by atoms with van der Waals surface area (Å²) in [7, 11) is 0. The third-order valence-electron chi connectivity index (χ3n) is 3.74. The van der Waals surface area contributed by atoms with Gasteiger partial charge in [0.1, 0.15) is 24.7 Å². The van der Waals surface area contributed by atoms with Crippen molar-refractivity contribution in [3.05, 3.63) is 54.6 Å². The van der Waals surface area contributed by atoms with Crippen molar-refractivity contribution in [1.29, 1.82) is 0 Å². The Hall–Kier alpha value is -2.53. The molecule has 0 aliphatic rings. The molecule has 0 fully saturated rings. The van der Waals surface area contributed by atoms with Gasteiger partial charge >= 0.3 is 0 Å². The molecule has 0 heterocycles. The summed E-state index contributed by atoms with van der Waals surface area (Å²) in [6.07, 6.45) is 0.981. The molecule has 2 N–H and O–H groups in total. The van der Waals surface area contributed by atoms with E-state index in [1.807, 2.05) is 54.6 Å². The molecule has 2 aromatic carbocycles. The lowest BCUT2D eigenvalue weighted by Crippen LogP contribution is -2.34. The lowest BCUT2D eigenvalue weighted by Gasteiger charge is -2.14. The molecule has 0 aliphatic heterocycles. The lowest BCUT2D eigenvalue weighted by molar-refractivity contribution is -0.115. The first-order chi connectivity index (χ1) is 12.2. The van der Waals surface area contributed by atoms with Gasteiger partial charge in [-0.3, -0.25) is 4.79 Å². The van der Waals surface area contributed by atoms with Crippen molar-refractivity contribution < 1.29 is 14.3 Å². The van der Waals surface area contributed by atoms with Gasteiger partial charge in [0.15, 0.2) is 0 Å². The van der Waals surface area contributed by atoms with E-state index in [1.165, 1.54) is 0 Å². The average molecular weight is 342 g/mol. The summed E-state index contributed by atoms with van der Waals surface area (Å²) in [5.41, 5.74) is 0.665. The molecule has 0 aromatic heterocycles. The van der Waals surface area contributed by atoms with E-state index in [0.717, 1.165) is 12.2 Å². The van der Waals surface area contributed by atoms with Crippen LogP contribution in [0, 0.1) is 0 Å². The van der Waals surface area contributed by atoms with E-state index < -0.39 is 0 Å². The summed E-state index contributed by atoms with van der Waals surface area (Å²) in [6, 6.07) is 17.3. The standard InChI is InChI=1S/C20H26N2O3/c1-3-16(2)21-15-20(23)22-18-11-7-8-12-19(18)25-14-13-24-17-9-5-4-6-10-17/h4-12,16,21H,3,13-15H2,1-2H3,(H,22,23). The van der Waals surface area contributed by atoms with Crippen LogP contribution in [0.4, 0.5) is 5.69 Å². The van der Waals surface area contributed by atoms with E-state index in [-0.39, 0.29) is 12.5 Å². The van der Waals surface area contributed by atoms with Gasteiger partial charge in [-0.15, -0.1) is 0 Å². The van der Waals surface area contributed by atoms with Crippen molar-refractivity contribution >= 4 is 11.6 Å². The van der Waals surface area contributed by atoms with Crippen molar-refractivity contribution in [2.45, 2.75) is 26.3 Å². The Labute approximate surface area is 149 Å². The van der Waals surface area contributed by atoms with E-state index in [9.17, 15) is 4.79 Å². The second-order valence-corrected chi connectivity index (χ2v) is 5.74. The van der Waals surface area contributed by atoms with E-state index in [4.69, 9.17) is 9.47 Å². The van der Waals surface area contributed by atoms with Gasteiger partial charge in [-0.1, -0.05) is 37.3 Å². The smallest absolute Gasteiger partial charge is 0.238 e.